The van der Waals surface area contributed by atoms with Gasteiger partial charge in [0, 0.05) is 49.1 Å². The number of rotatable bonds is 2. The smallest absolute Gasteiger partial charge is 0.196 e. The molecule has 0 radical (unpaired) electrons. The van der Waals surface area contributed by atoms with E-state index in [9.17, 15) is 8.78 Å². The molecule has 0 fully saturated rings. The maximum absolute atomic E-state index is 13.8. The van der Waals surface area contributed by atoms with Crippen molar-refractivity contribution in [3.8, 4) is 0 Å². The Morgan fingerprint density at radius 2 is 2.10 bits per heavy atom. The zero-order chi connectivity index (χ0) is 15.0. The van der Waals surface area contributed by atoms with Crippen molar-refractivity contribution in [1.29, 1.82) is 0 Å². The first-order valence-electron chi connectivity index (χ1n) is 6.46. The minimum absolute atomic E-state index is 0.147. The Balaban J connectivity index is 1.83. The summed E-state index contributed by atoms with van der Waals surface area (Å²) in [7, 11) is 0. The Bertz CT molecular complexity index is 747. The number of H-pyrrole nitrogens is 1. The summed E-state index contributed by atoms with van der Waals surface area (Å²) in [4.78, 5) is 9.12. The molecule has 0 bridgehead atoms. The summed E-state index contributed by atoms with van der Waals surface area (Å²) in [6.45, 7) is 1.58. The second kappa shape index (κ2) is 5.79. The van der Waals surface area contributed by atoms with Gasteiger partial charge in [-0.15, -0.1) is 0 Å². The third-order valence-corrected chi connectivity index (χ3v) is 4.19. The molecule has 7 heteroatoms. The standard InChI is InChI=1S/C14H12ClF2N3S/c15-13-9(10(16)1-2-11(13)17)7-20-4-3-12-8(6-20)5-18-14(21)19-12/h1-2,5H,3-4,6-7H2,(H,18,19,21). The van der Waals surface area contributed by atoms with E-state index in [-0.39, 0.29) is 17.1 Å². The fourth-order valence-electron chi connectivity index (χ4n) is 2.48. The van der Waals surface area contributed by atoms with Crippen LogP contribution in [0.25, 0.3) is 0 Å². The first-order valence-corrected chi connectivity index (χ1v) is 7.25. The molecule has 110 valence electrons. The zero-order valence-electron chi connectivity index (χ0n) is 11.0. The quantitative estimate of drug-likeness (QED) is 0.675. The molecule has 2 heterocycles. The second-order valence-corrected chi connectivity index (χ2v) is 5.74. The van der Waals surface area contributed by atoms with Gasteiger partial charge in [-0.05, 0) is 24.4 Å². The molecule has 1 N–H and O–H groups in total. The average molecular weight is 328 g/mol. The van der Waals surface area contributed by atoms with Crippen molar-refractivity contribution in [3.05, 3.63) is 56.6 Å². The van der Waals surface area contributed by atoms with Gasteiger partial charge in [0.1, 0.15) is 11.6 Å². The van der Waals surface area contributed by atoms with Crippen molar-refractivity contribution in [2.24, 2.45) is 0 Å². The van der Waals surface area contributed by atoms with Gasteiger partial charge in [0.05, 0.1) is 5.02 Å². The van der Waals surface area contributed by atoms with Crippen LogP contribution in [-0.4, -0.2) is 21.4 Å². The highest BCUT2D eigenvalue weighted by Gasteiger charge is 2.20. The van der Waals surface area contributed by atoms with Gasteiger partial charge in [0.25, 0.3) is 0 Å². The molecular formula is C14H12ClF2N3S. The molecule has 1 aromatic heterocycles. The van der Waals surface area contributed by atoms with E-state index in [1.54, 1.807) is 6.20 Å². The van der Waals surface area contributed by atoms with Crippen LogP contribution >= 0.6 is 23.8 Å². The van der Waals surface area contributed by atoms with Crippen LogP contribution in [0.5, 0.6) is 0 Å². The van der Waals surface area contributed by atoms with Crippen LogP contribution in [0.3, 0.4) is 0 Å². The van der Waals surface area contributed by atoms with Gasteiger partial charge in [-0.25, -0.2) is 13.8 Å². The van der Waals surface area contributed by atoms with E-state index in [1.165, 1.54) is 0 Å². The zero-order valence-corrected chi connectivity index (χ0v) is 12.6. The number of hydrogen-bond donors (Lipinski definition) is 1. The molecular weight excluding hydrogens is 316 g/mol. The van der Waals surface area contributed by atoms with E-state index >= 15 is 0 Å². The molecule has 0 saturated heterocycles. The molecule has 0 spiro atoms. The average Bonchev–Trinajstić information content (AvgIpc) is 2.48. The van der Waals surface area contributed by atoms with Crippen LogP contribution in [0.4, 0.5) is 8.78 Å². The first kappa shape index (κ1) is 14.6. The van der Waals surface area contributed by atoms with Gasteiger partial charge < -0.3 is 4.98 Å². The lowest BCUT2D eigenvalue weighted by Gasteiger charge is -2.28. The summed E-state index contributed by atoms with van der Waals surface area (Å²) in [5.74, 6) is -1.09. The van der Waals surface area contributed by atoms with Crippen LogP contribution < -0.4 is 0 Å². The number of aromatic amines is 1. The Morgan fingerprint density at radius 3 is 2.90 bits per heavy atom. The Kier molecular flexibility index (Phi) is 4.01. The van der Waals surface area contributed by atoms with Crippen molar-refractivity contribution in [1.82, 2.24) is 14.9 Å². The van der Waals surface area contributed by atoms with Gasteiger partial charge in [-0.1, -0.05) is 11.6 Å². The van der Waals surface area contributed by atoms with E-state index in [0.717, 1.165) is 29.8 Å². The van der Waals surface area contributed by atoms with Crippen LogP contribution in [0.2, 0.25) is 5.02 Å². The predicted octanol–water partition coefficient (Wildman–Crippen LogP) is 3.63. The van der Waals surface area contributed by atoms with Crippen LogP contribution in [0.1, 0.15) is 16.8 Å². The summed E-state index contributed by atoms with van der Waals surface area (Å²) < 4.78 is 27.7. The van der Waals surface area contributed by atoms with Crippen molar-refractivity contribution >= 4 is 23.8 Å². The van der Waals surface area contributed by atoms with Crippen LogP contribution in [-0.2, 0) is 19.5 Å². The largest absolute Gasteiger partial charge is 0.334 e. The predicted molar refractivity (Wildman–Crippen MR) is 78.6 cm³/mol. The van der Waals surface area contributed by atoms with E-state index in [4.69, 9.17) is 23.8 Å². The number of benzene rings is 1. The van der Waals surface area contributed by atoms with Gasteiger partial charge in [-0.2, -0.15) is 0 Å². The Labute approximate surface area is 130 Å². The summed E-state index contributed by atoms with van der Waals surface area (Å²) in [5.41, 5.74) is 2.26. The summed E-state index contributed by atoms with van der Waals surface area (Å²) >= 11 is 10.9. The molecule has 3 nitrogen and oxygen atoms in total. The number of halogens is 3. The third kappa shape index (κ3) is 2.97. The molecule has 1 aliphatic heterocycles. The minimum Gasteiger partial charge on any atom is -0.334 e. The van der Waals surface area contributed by atoms with Crippen molar-refractivity contribution in [2.75, 3.05) is 6.54 Å². The molecule has 0 unspecified atom stereocenters. The molecule has 1 aromatic carbocycles. The molecule has 0 amide bonds. The highest BCUT2D eigenvalue weighted by molar-refractivity contribution is 7.71. The highest BCUT2D eigenvalue weighted by atomic mass is 35.5. The fourth-order valence-corrected chi connectivity index (χ4v) is 2.87. The van der Waals surface area contributed by atoms with E-state index in [0.29, 0.717) is 17.9 Å². The maximum atomic E-state index is 13.8. The molecule has 3 rings (SSSR count). The number of fused-ring (bicyclic) bond motifs is 1. The number of aromatic nitrogens is 2. The van der Waals surface area contributed by atoms with Crippen molar-refractivity contribution < 1.29 is 8.78 Å². The third-order valence-electron chi connectivity index (χ3n) is 3.58. The second-order valence-electron chi connectivity index (χ2n) is 4.97. The lowest BCUT2D eigenvalue weighted by molar-refractivity contribution is 0.239. The molecule has 0 aliphatic carbocycles. The Morgan fingerprint density at radius 1 is 1.33 bits per heavy atom. The number of hydrogen-bond acceptors (Lipinski definition) is 3. The molecule has 21 heavy (non-hydrogen) atoms. The fraction of sp³-hybridized carbons (Fsp3) is 0.286. The van der Waals surface area contributed by atoms with Crippen LogP contribution in [0.15, 0.2) is 18.3 Å². The minimum atomic E-state index is -0.601. The Hall–Kier alpha value is -1.37. The normalized spacial score (nSPS) is 15.0. The van der Waals surface area contributed by atoms with Crippen LogP contribution in [0, 0.1) is 16.4 Å². The SMILES string of the molecule is Fc1ccc(F)c(CN2CCc3[nH]c(=S)ncc3C2)c1Cl. The van der Waals surface area contributed by atoms with E-state index in [1.807, 2.05) is 4.90 Å². The number of nitrogens with one attached hydrogen (secondary N) is 1. The van der Waals surface area contributed by atoms with Crippen molar-refractivity contribution in [3.63, 3.8) is 0 Å². The highest BCUT2D eigenvalue weighted by Crippen LogP contribution is 2.26. The molecule has 0 atom stereocenters. The van der Waals surface area contributed by atoms with Gasteiger partial charge in [0.2, 0.25) is 0 Å². The van der Waals surface area contributed by atoms with Gasteiger partial charge in [0.15, 0.2) is 4.77 Å². The van der Waals surface area contributed by atoms with Gasteiger partial charge in [-0.3, -0.25) is 4.90 Å². The topological polar surface area (TPSA) is 31.9 Å². The molecule has 0 saturated carbocycles. The molecule has 1 aliphatic rings. The molecule has 2 aromatic rings. The lowest BCUT2D eigenvalue weighted by atomic mass is 10.1. The summed E-state index contributed by atoms with van der Waals surface area (Å²) in [6.07, 6.45) is 2.49. The lowest BCUT2D eigenvalue weighted by Crippen LogP contribution is -2.31. The summed E-state index contributed by atoms with van der Waals surface area (Å²) in [6, 6.07) is 2.14. The first-order chi connectivity index (χ1) is 10.0. The summed E-state index contributed by atoms with van der Waals surface area (Å²) in [5, 5.41) is -0.147. The number of nitrogens with zero attached hydrogens (tertiary/aromatic N) is 2. The maximum Gasteiger partial charge on any atom is 0.196 e. The van der Waals surface area contributed by atoms with Gasteiger partial charge >= 0.3 is 0 Å². The monoisotopic (exact) mass is 327 g/mol. The van der Waals surface area contributed by atoms with E-state index in [2.05, 4.69) is 9.97 Å². The van der Waals surface area contributed by atoms with E-state index < -0.39 is 11.6 Å². The van der Waals surface area contributed by atoms with Crippen molar-refractivity contribution in [2.45, 2.75) is 19.5 Å².